The van der Waals surface area contributed by atoms with Gasteiger partial charge in [-0.2, -0.15) is 11.8 Å². The molecular weight excluding hydrogens is 348 g/mol. The van der Waals surface area contributed by atoms with Crippen LogP contribution in [0.3, 0.4) is 0 Å². The van der Waals surface area contributed by atoms with Crippen LogP contribution in [0.5, 0.6) is 0 Å². The first-order valence-corrected chi connectivity index (χ1v) is 9.75. The smallest absolute Gasteiger partial charge is 0.328 e. The summed E-state index contributed by atoms with van der Waals surface area (Å²) in [4.78, 5) is 37.1. The van der Waals surface area contributed by atoms with E-state index in [0.717, 1.165) is 16.3 Å². The number of hydrogen-bond donors (Lipinski definition) is 2. The average Bonchev–Trinajstić information content (AvgIpc) is 2.58. The molecule has 2 atom stereocenters. The summed E-state index contributed by atoms with van der Waals surface area (Å²) in [5, 5.41) is 4.96. The second-order valence-corrected chi connectivity index (χ2v) is 7.45. The van der Waals surface area contributed by atoms with E-state index in [0.29, 0.717) is 6.42 Å². The van der Waals surface area contributed by atoms with Crippen molar-refractivity contribution < 1.29 is 19.1 Å². The zero-order valence-corrected chi connectivity index (χ0v) is 15.2. The molecule has 1 aromatic carbocycles. The molecule has 8 heteroatoms. The Morgan fingerprint density at radius 1 is 1.42 bits per heavy atom. The Balaban J connectivity index is 1.96. The van der Waals surface area contributed by atoms with Crippen molar-refractivity contribution in [2.24, 2.45) is 0 Å². The number of benzene rings is 1. The number of amides is 2. The van der Waals surface area contributed by atoms with Crippen molar-refractivity contribution in [1.29, 1.82) is 0 Å². The van der Waals surface area contributed by atoms with E-state index in [1.807, 2.05) is 30.5 Å². The normalized spacial score (nSPS) is 17.4. The molecule has 0 bridgehead atoms. The van der Waals surface area contributed by atoms with E-state index in [-0.39, 0.29) is 18.2 Å². The van der Waals surface area contributed by atoms with E-state index in [1.165, 1.54) is 18.9 Å². The summed E-state index contributed by atoms with van der Waals surface area (Å²) in [6.07, 6.45) is 2.43. The monoisotopic (exact) mass is 368 g/mol. The quantitative estimate of drug-likeness (QED) is 0.715. The number of methoxy groups -OCH3 is 1. The van der Waals surface area contributed by atoms with Gasteiger partial charge < -0.3 is 15.4 Å². The fourth-order valence-corrected chi connectivity index (χ4v) is 3.86. The van der Waals surface area contributed by atoms with Crippen molar-refractivity contribution in [1.82, 2.24) is 5.32 Å². The highest BCUT2D eigenvalue weighted by atomic mass is 32.2. The Morgan fingerprint density at radius 2 is 2.17 bits per heavy atom. The molecule has 1 aliphatic heterocycles. The van der Waals surface area contributed by atoms with Gasteiger partial charge in [0, 0.05) is 11.3 Å². The number of nitrogens with one attached hydrogen (secondary N) is 2. The molecule has 6 nitrogen and oxygen atoms in total. The van der Waals surface area contributed by atoms with Gasteiger partial charge in [0.2, 0.25) is 11.8 Å². The third-order valence-electron chi connectivity index (χ3n) is 3.51. The minimum Gasteiger partial charge on any atom is -0.467 e. The molecule has 0 aromatic heterocycles. The molecule has 0 spiro atoms. The predicted octanol–water partition coefficient (Wildman–Crippen LogP) is 1.90. The maximum Gasteiger partial charge on any atom is 0.328 e. The molecule has 1 aliphatic rings. The van der Waals surface area contributed by atoms with E-state index in [9.17, 15) is 14.4 Å². The number of fused-ring (bicyclic) bond motifs is 1. The Kier molecular flexibility index (Phi) is 6.99. The topological polar surface area (TPSA) is 84.5 Å². The molecule has 2 rings (SSSR count). The molecule has 0 aliphatic carbocycles. The van der Waals surface area contributed by atoms with Crippen molar-refractivity contribution in [2.75, 3.05) is 24.4 Å². The highest BCUT2D eigenvalue weighted by molar-refractivity contribution is 8.01. The highest BCUT2D eigenvalue weighted by Gasteiger charge is 2.30. The number of carbonyl (C=O) groups excluding carboxylic acids is 3. The minimum atomic E-state index is -0.682. The fraction of sp³-hybridized carbons (Fsp3) is 0.438. The Morgan fingerprint density at radius 3 is 2.88 bits per heavy atom. The zero-order valence-electron chi connectivity index (χ0n) is 13.5. The summed E-state index contributed by atoms with van der Waals surface area (Å²) in [6, 6.07) is 6.78. The van der Waals surface area contributed by atoms with E-state index in [2.05, 4.69) is 10.6 Å². The summed E-state index contributed by atoms with van der Waals surface area (Å²) in [6.45, 7) is 0. The first kappa shape index (κ1) is 18.7. The molecule has 2 amide bonds. The molecular formula is C16H20N2O4S2. The summed E-state index contributed by atoms with van der Waals surface area (Å²) in [5.74, 6) is -0.277. The molecule has 130 valence electrons. The van der Waals surface area contributed by atoms with Crippen LogP contribution in [0.25, 0.3) is 0 Å². The highest BCUT2D eigenvalue weighted by Crippen LogP contribution is 2.36. The number of esters is 1. The number of hydrogen-bond acceptors (Lipinski definition) is 6. The van der Waals surface area contributed by atoms with E-state index in [4.69, 9.17) is 4.74 Å². The first-order valence-electron chi connectivity index (χ1n) is 7.47. The lowest BCUT2D eigenvalue weighted by Crippen LogP contribution is -2.44. The molecule has 0 fully saturated rings. The average molecular weight is 368 g/mol. The second-order valence-electron chi connectivity index (χ2n) is 5.22. The van der Waals surface area contributed by atoms with Gasteiger partial charge in [0.05, 0.1) is 18.0 Å². The second kappa shape index (κ2) is 8.98. The summed E-state index contributed by atoms with van der Waals surface area (Å²) in [7, 11) is 1.29. The van der Waals surface area contributed by atoms with Gasteiger partial charge in [-0.05, 0) is 30.6 Å². The molecule has 0 radical (unpaired) electrons. The van der Waals surface area contributed by atoms with Crippen LogP contribution in [0.4, 0.5) is 5.69 Å². The number of ether oxygens (including phenoxy) is 1. The number of rotatable bonds is 7. The molecule has 1 aromatic rings. The SMILES string of the molecule is COC(=O)[C@@H](CCSC)NC(=O)C[C@@H]1Sc2ccccc2NC1=O. The molecule has 0 saturated carbocycles. The number of para-hydroxylation sites is 1. The van der Waals surface area contributed by atoms with Crippen LogP contribution in [0.1, 0.15) is 12.8 Å². The van der Waals surface area contributed by atoms with Gasteiger partial charge in [0.15, 0.2) is 0 Å². The minimum absolute atomic E-state index is 0.0115. The van der Waals surface area contributed by atoms with Gasteiger partial charge in [-0.25, -0.2) is 4.79 Å². The van der Waals surface area contributed by atoms with Crippen molar-refractivity contribution >= 4 is 47.0 Å². The van der Waals surface area contributed by atoms with Crippen molar-refractivity contribution in [3.63, 3.8) is 0 Å². The van der Waals surface area contributed by atoms with Gasteiger partial charge in [0.25, 0.3) is 0 Å². The summed E-state index contributed by atoms with van der Waals surface area (Å²) >= 11 is 2.95. The van der Waals surface area contributed by atoms with Crippen LogP contribution in [0.2, 0.25) is 0 Å². The third-order valence-corrected chi connectivity index (χ3v) is 5.43. The maximum atomic E-state index is 12.2. The van der Waals surface area contributed by atoms with Crippen LogP contribution in [0, 0.1) is 0 Å². The number of thioether (sulfide) groups is 2. The van der Waals surface area contributed by atoms with Crippen LogP contribution in [0.15, 0.2) is 29.2 Å². The molecule has 0 unspecified atom stereocenters. The third kappa shape index (κ3) is 4.91. The Labute approximate surface area is 149 Å². The van der Waals surface area contributed by atoms with Gasteiger partial charge in [-0.3, -0.25) is 9.59 Å². The molecule has 0 saturated heterocycles. The number of anilines is 1. The summed E-state index contributed by atoms with van der Waals surface area (Å²) < 4.78 is 4.72. The van der Waals surface area contributed by atoms with Gasteiger partial charge in [-0.1, -0.05) is 12.1 Å². The lowest BCUT2D eigenvalue weighted by atomic mass is 10.2. The van der Waals surface area contributed by atoms with Crippen LogP contribution >= 0.6 is 23.5 Å². The molecule has 24 heavy (non-hydrogen) atoms. The van der Waals surface area contributed by atoms with Gasteiger partial charge >= 0.3 is 5.97 Å². The lowest BCUT2D eigenvalue weighted by Gasteiger charge is -2.24. The standard InChI is InChI=1S/C16H20N2O4S2/c1-22-16(21)11(7-8-23-2)17-14(19)9-13-15(20)18-10-5-3-4-6-12(10)24-13/h3-6,11,13H,7-9H2,1-2H3,(H,17,19)(H,18,20)/t11-,13+/m1/s1. The predicted molar refractivity (Wildman–Crippen MR) is 96.3 cm³/mol. The Hall–Kier alpha value is -1.67. The molecule has 1 heterocycles. The molecule has 2 N–H and O–H groups in total. The van der Waals surface area contributed by atoms with Crippen molar-refractivity contribution in [3.05, 3.63) is 24.3 Å². The van der Waals surface area contributed by atoms with Crippen molar-refractivity contribution in [3.8, 4) is 0 Å². The largest absolute Gasteiger partial charge is 0.467 e. The van der Waals surface area contributed by atoms with Crippen LogP contribution < -0.4 is 10.6 Å². The van der Waals surface area contributed by atoms with Crippen molar-refractivity contribution in [2.45, 2.75) is 29.0 Å². The van der Waals surface area contributed by atoms with Gasteiger partial charge in [0.1, 0.15) is 6.04 Å². The van der Waals surface area contributed by atoms with Crippen LogP contribution in [-0.4, -0.2) is 48.2 Å². The summed E-state index contributed by atoms with van der Waals surface area (Å²) in [5.41, 5.74) is 0.761. The van der Waals surface area contributed by atoms with E-state index < -0.39 is 17.3 Å². The maximum absolute atomic E-state index is 12.2. The number of carbonyl (C=O) groups is 3. The van der Waals surface area contributed by atoms with E-state index >= 15 is 0 Å². The Bertz CT molecular complexity index is 624. The fourth-order valence-electron chi connectivity index (χ4n) is 2.28. The lowest BCUT2D eigenvalue weighted by molar-refractivity contribution is -0.145. The van der Waals surface area contributed by atoms with E-state index in [1.54, 1.807) is 11.8 Å². The zero-order chi connectivity index (χ0) is 17.5. The van der Waals surface area contributed by atoms with Crippen LogP contribution in [-0.2, 0) is 19.1 Å². The first-order chi connectivity index (χ1) is 11.5. The van der Waals surface area contributed by atoms with Gasteiger partial charge in [-0.15, -0.1) is 11.8 Å².